The summed E-state index contributed by atoms with van der Waals surface area (Å²) >= 11 is 0. The Balaban J connectivity index is 2.31. The molecule has 122 valence electrons. The second kappa shape index (κ2) is 7.00. The number of hydrogen-bond acceptors (Lipinski definition) is 4. The van der Waals surface area contributed by atoms with Gasteiger partial charge in [-0.2, -0.15) is 0 Å². The Morgan fingerprint density at radius 1 is 1.00 bits per heavy atom. The molecule has 23 heavy (non-hydrogen) atoms. The van der Waals surface area contributed by atoms with Gasteiger partial charge in [0.15, 0.2) is 11.5 Å². The van der Waals surface area contributed by atoms with Crippen LogP contribution in [0, 0.1) is 12.7 Å². The minimum Gasteiger partial charge on any atom is -0.493 e. The molecule has 0 atom stereocenters. The molecular formula is C17H18FNO4. The minimum atomic E-state index is -0.432. The van der Waals surface area contributed by atoms with Crippen LogP contribution in [0.3, 0.4) is 0 Å². The highest BCUT2D eigenvalue weighted by Gasteiger charge is 2.15. The van der Waals surface area contributed by atoms with Crippen LogP contribution in [0.5, 0.6) is 17.2 Å². The fourth-order valence-electron chi connectivity index (χ4n) is 2.09. The van der Waals surface area contributed by atoms with Gasteiger partial charge in [-0.3, -0.25) is 4.79 Å². The average Bonchev–Trinajstić information content (AvgIpc) is 2.56. The number of ether oxygens (including phenoxy) is 3. The molecule has 0 bridgehead atoms. The van der Waals surface area contributed by atoms with Gasteiger partial charge >= 0.3 is 0 Å². The van der Waals surface area contributed by atoms with Crippen LogP contribution in [0.15, 0.2) is 30.3 Å². The Labute approximate surface area is 134 Å². The quantitative estimate of drug-likeness (QED) is 0.917. The first-order valence-electron chi connectivity index (χ1n) is 6.87. The Morgan fingerprint density at radius 2 is 1.61 bits per heavy atom. The van der Waals surface area contributed by atoms with Crippen molar-refractivity contribution >= 4 is 11.6 Å². The number of benzene rings is 2. The smallest absolute Gasteiger partial charge is 0.255 e. The number of anilines is 1. The molecule has 0 radical (unpaired) electrons. The fourth-order valence-corrected chi connectivity index (χ4v) is 2.09. The van der Waals surface area contributed by atoms with Crippen molar-refractivity contribution in [2.75, 3.05) is 26.6 Å². The number of nitrogens with one attached hydrogen (secondary N) is 1. The molecular weight excluding hydrogens is 301 g/mol. The number of halogens is 1. The summed E-state index contributed by atoms with van der Waals surface area (Å²) in [5, 5.41) is 2.68. The lowest BCUT2D eigenvalue weighted by Crippen LogP contribution is -2.12. The Hall–Kier alpha value is -2.76. The summed E-state index contributed by atoms with van der Waals surface area (Å²) < 4.78 is 29.2. The predicted octanol–water partition coefficient (Wildman–Crippen LogP) is 3.41. The summed E-state index contributed by atoms with van der Waals surface area (Å²) in [6.45, 7) is 1.64. The molecule has 0 fully saturated rings. The summed E-state index contributed by atoms with van der Waals surface area (Å²) in [6.07, 6.45) is 0. The normalized spacial score (nSPS) is 10.1. The monoisotopic (exact) mass is 319 g/mol. The zero-order valence-corrected chi connectivity index (χ0v) is 13.4. The van der Waals surface area contributed by atoms with E-state index in [1.807, 2.05) is 0 Å². The van der Waals surface area contributed by atoms with Crippen LogP contribution < -0.4 is 19.5 Å². The molecule has 0 unspecified atom stereocenters. The number of methoxy groups -OCH3 is 3. The van der Waals surface area contributed by atoms with Gasteiger partial charge in [0.1, 0.15) is 5.82 Å². The molecule has 1 N–H and O–H groups in total. The van der Waals surface area contributed by atoms with E-state index in [1.165, 1.54) is 27.4 Å². The van der Waals surface area contributed by atoms with Crippen molar-refractivity contribution in [3.05, 3.63) is 47.3 Å². The minimum absolute atomic E-state index is 0.224. The molecule has 6 heteroatoms. The van der Waals surface area contributed by atoms with Crippen molar-refractivity contribution < 1.29 is 23.4 Å². The van der Waals surface area contributed by atoms with E-state index in [-0.39, 0.29) is 5.56 Å². The van der Waals surface area contributed by atoms with E-state index in [2.05, 4.69) is 5.32 Å². The van der Waals surface area contributed by atoms with Gasteiger partial charge in [-0.1, -0.05) is 6.07 Å². The van der Waals surface area contributed by atoms with Gasteiger partial charge in [0.2, 0.25) is 5.75 Å². The third kappa shape index (κ3) is 3.53. The molecule has 1 amide bonds. The lowest BCUT2D eigenvalue weighted by molar-refractivity contribution is 0.102. The third-order valence-electron chi connectivity index (χ3n) is 3.36. The average molecular weight is 319 g/mol. The maximum atomic E-state index is 13.6. The Kier molecular flexibility index (Phi) is 5.05. The predicted molar refractivity (Wildman–Crippen MR) is 85.2 cm³/mol. The number of carbonyl (C=O) groups excluding carboxylic acids is 1. The van der Waals surface area contributed by atoms with Crippen LogP contribution in [0.25, 0.3) is 0 Å². The molecule has 0 aliphatic carbocycles. The number of carbonyl (C=O) groups is 1. The molecule has 0 spiro atoms. The van der Waals surface area contributed by atoms with E-state index < -0.39 is 11.7 Å². The fraction of sp³-hybridized carbons (Fsp3) is 0.235. The third-order valence-corrected chi connectivity index (χ3v) is 3.36. The van der Waals surface area contributed by atoms with Crippen molar-refractivity contribution in [1.29, 1.82) is 0 Å². The summed E-state index contributed by atoms with van der Waals surface area (Å²) in [6, 6.07) is 7.52. The van der Waals surface area contributed by atoms with Crippen LogP contribution in [-0.4, -0.2) is 27.2 Å². The van der Waals surface area contributed by atoms with Crippen LogP contribution in [0.2, 0.25) is 0 Å². The van der Waals surface area contributed by atoms with Crippen molar-refractivity contribution in [3.63, 3.8) is 0 Å². The highest BCUT2D eigenvalue weighted by atomic mass is 19.1. The Bertz CT molecular complexity index is 706. The second-order valence-corrected chi connectivity index (χ2v) is 4.83. The number of aryl methyl sites for hydroxylation is 1. The molecule has 0 aliphatic heterocycles. The van der Waals surface area contributed by atoms with Crippen molar-refractivity contribution in [3.8, 4) is 17.2 Å². The van der Waals surface area contributed by atoms with Crippen LogP contribution in [0.1, 0.15) is 15.9 Å². The SMILES string of the molecule is COc1cc(NC(=O)c2ccc(C)c(F)c2)cc(OC)c1OC. The highest BCUT2D eigenvalue weighted by Crippen LogP contribution is 2.40. The van der Waals surface area contributed by atoms with Crippen LogP contribution >= 0.6 is 0 Å². The van der Waals surface area contributed by atoms with Crippen molar-refractivity contribution in [2.24, 2.45) is 0 Å². The zero-order chi connectivity index (χ0) is 17.0. The van der Waals surface area contributed by atoms with E-state index in [4.69, 9.17) is 14.2 Å². The molecule has 0 saturated heterocycles. The summed E-state index contributed by atoms with van der Waals surface area (Å²) in [4.78, 5) is 12.2. The zero-order valence-electron chi connectivity index (χ0n) is 13.4. The number of hydrogen-bond donors (Lipinski definition) is 1. The lowest BCUT2D eigenvalue weighted by atomic mass is 10.1. The first-order valence-corrected chi connectivity index (χ1v) is 6.87. The maximum Gasteiger partial charge on any atom is 0.255 e. The summed E-state index contributed by atoms with van der Waals surface area (Å²) in [5.41, 5.74) is 1.15. The molecule has 2 rings (SSSR count). The van der Waals surface area contributed by atoms with Gasteiger partial charge in [0, 0.05) is 23.4 Å². The lowest BCUT2D eigenvalue weighted by Gasteiger charge is -2.14. The Morgan fingerprint density at radius 3 is 2.09 bits per heavy atom. The first kappa shape index (κ1) is 16.6. The van der Waals surface area contributed by atoms with E-state index in [9.17, 15) is 9.18 Å². The van der Waals surface area contributed by atoms with E-state index in [0.29, 0.717) is 28.5 Å². The van der Waals surface area contributed by atoms with Gasteiger partial charge in [0.05, 0.1) is 21.3 Å². The largest absolute Gasteiger partial charge is 0.493 e. The topological polar surface area (TPSA) is 56.8 Å². The number of amides is 1. The molecule has 0 heterocycles. The van der Waals surface area contributed by atoms with Gasteiger partial charge in [-0.25, -0.2) is 4.39 Å². The molecule has 0 saturated carbocycles. The molecule has 0 aromatic heterocycles. The van der Waals surface area contributed by atoms with Gasteiger partial charge in [-0.05, 0) is 24.6 Å². The highest BCUT2D eigenvalue weighted by molar-refractivity contribution is 6.04. The second-order valence-electron chi connectivity index (χ2n) is 4.83. The standard InChI is InChI=1S/C17H18FNO4/c1-10-5-6-11(7-13(10)18)17(20)19-12-8-14(21-2)16(23-4)15(9-12)22-3/h5-9H,1-4H3,(H,19,20). The van der Waals surface area contributed by atoms with Crippen molar-refractivity contribution in [2.45, 2.75) is 6.92 Å². The van der Waals surface area contributed by atoms with Gasteiger partial charge in [0.25, 0.3) is 5.91 Å². The molecule has 2 aromatic rings. The van der Waals surface area contributed by atoms with E-state index in [0.717, 1.165) is 0 Å². The molecule has 2 aromatic carbocycles. The van der Waals surface area contributed by atoms with E-state index in [1.54, 1.807) is 31.2 Å². The summed E-state index contributed by atoms with van der Waals surface area (Å²) in [7, 11) is 4.46. The van der Waals surface area contributed by atoms with Gasteiger partial charge in [-0.15, -0.1) is 0 Å². The molecule has 0 aliphatic rings. The van der Waals surface area contributed by atoms with Gasteiger partial charge < -0.3 is 19.5 Å². The summed E-state index contributed by atoms with van der Waals surface area (Å²) in [5.74, 6) is 0.393. The number of rotatable bonds is 5. The first-order chi connectivity index (χ1) is 11.0. The van der Waals surface area contributed by atoms with Crippen molar-refractivity contribution in [1.82, 2.24) is 0 Å². The molecule has 5 nitrogen and oxygen atoms in total. The van der Waals surface area contributed by atoms with Crippen LogP contribution in [-0.2, 0) is 0 Å². The van der Waals surface area contributed by atoms with E-state index >= 15 is 0 Å². The van der Waals surface area contributed by atoms with Crippen LogP contribution in [0.4, 0.5) is 10.1 Å². The maximum absolute atomic E-state index is 13.6.